The molecule has 1 N–H and O–H groups in total. The van der Waals surface area contributed by atoms with Crippen LogP contribution in [0.25, 0.3) is 0 Å². The zero-order chi connectivity index (χ0) is 18.3. The lowest BCUT2D eigenvalue weighted by Crippen LogP contribution is -2.33. The lowest BCUT2D eigenvalue weighted by Gasteiger charge is -2.18. The molecular weight excluding hydrogens is 359 g/mol. The predicted molar refractivity (Wildman–Crippen MR) is 101 cm³/mol. The second-order valence-electron chi connectivity index (χ2n) is 6.01. The summed E-state index contributed by atoms with van der Waals surface area (Å²) in [5.41, 5.74) is 3.89. The maximum absolute atomic E-state index is 12.8. The lowest BCUT2D eigenvalue weighted by atomic mass is 10.1. The second-order valence-corrected chi connectivity index (χ2v) is 6.82. The molecule has 6 heteroatoms. The van der Waals surface area contributed by atoms with Gasteiger partial charge >= 0.3 is 0 Å². The fraction of sp³-hybridized carbons (Fsp3) is 0.158. The number of anilines is 2. The molecule has 1 heterocycles. The lowest BCUT2D eigenvalue weighted by molar-refractivity contribution is -0.120. The Morgan fingerprint density at radius 2 is 1.60 bits per heavy atom. The Balaban J connectivity index is 1.98. The molecule has 0 fully saturated rings. The predicted octanol–water partition coefficient (Wildman–Crippen LogP) is 4.70. The average Bonchev–Trinajstić information content (AvgIpc) is 2.76. The minimum atomic E-state index is -0.533. The van der Waals surface area contributed by atoms with Crippen LogP contribution in [0.1, 0.15) is 16.7 Å². The molecule has 4 nitrogen and oxygen atoms in total. The number of rotatable bonds is 3. The van der Waals surface area contributed by atoms with Crippen LogP contribution in [0.15, 0.2) is 47.1 Å². The van der Waals surface area contributed by atoms with Crippen molar-refractivity contribution < 1.29 is 9.59 Å². The molecule has 0 unspecified atom stereocenters. The Morgan fingerprint density at radius 1 is 0.880 bits per heavy atom. The van der Waals surface area contributed by atoms with Crippen molar-refractivity contribution in [1.82, 2.24) is 0 Å². The number of hydrogen-bond acceptors (Lipinski definition) is 3. The number of hydrogen-bond donors (Lipinski definition) is 1. The molecule has 2 aromatic carbocycles. The highest BCUT2D eigenvalue weighted by Crippen LogP contribution is 2.33. The molecule has 0 atom stereocenters. The Bertz CT molecular complexity index is 935. The molecular formula is C19H16Cl2N2O2. The van der Waals surface area contributed by atoms with Gasteiger partial charge in [-0.25, -0.2) is 4.90 Å². The third-order valence-corrected chi connectivity index (χ3v) is 4.67. The minimum Gasteiger partial charge on any atom is -0.349 e. The van der Waals surface area contributed by atoms with Gasteiger partial charge in [-0.05, 0) is 61.7 Å². The summed E-state index contributed by atoms with van der Waals surface area (Å²) in [6.07, 6.45) is 0. The summed E-state index contributed by atoms with van der Waals surface area (Å²) in [4.78, 5) is 26.5. The van der Waals surface area contributed by atoms with E-state index in [1.807, 2.05) is 32.9 Å². The van der Waals surface area contributed by atoms with Crippen molar-refractivity contribution in [2.45, 2.75) is 20.8 Å². The molecule has 3 rings (SSSR count). The van der Waals surface area contributed by atoms with Crippen molar-refractivity contribution >= 4 is 46.4 Å². The van der Waals surface area contributed by atoms with E-state index in [-0.39, 0.29) is 10.7 Å². The van der Waals surface area contributed by atoms with Crippen molar-refractivity contribution in [3.63, 3.8) is 0 Å². The summed E-state index contributed by atoms with van der Waals surface area (Å²) in [5.74, 6) is -1.01. The van der Waals surface area contributed by atoms with Gasteiger partial charge in [-0.3, -0.25) is 9.59 Å². The molecule has 2 amide bonds. The maximum atomic E-state index is 12.8. The Labute approximate surface area is 156 Å². The number of aryl methyl sites for hydroxylation is 3. The van der Waals surface area contributed by atoms with Crippen LogP contribution < -0.4 is 10.2 Å². The van der Waals surface area contributed by atoms with Crippen LogP contribution in [0.3, 0.4) is 0 Å². The highest BCUT2D eigenvalue weighted by atomic mass is 35.5. The Hall–Kier alpha value is -2.30. The van der Waals surface area contributed by atoms with Crippen LogP contribution in [-0.4, -0.2) is 11.8 Å². The van der Waals surface area contributed by atoms with Crippen molar-refractivity contribution in [1.29, 1.82) is 0 Å². The maximum Gasteiger partial charge on any atom is 0.283 e. The topological polar surface area (TPSA) is 49.4 Å². The van der Waals surface area contributed by atoms with Crippen LogP contribution in [0.2, 0.25) is 5.02 Å². The number of amides is 2. The Morgan fingerprint density at radius 3 is 2.28 bits per heavy atom. The molecule has 0 aromatic heterocycles. The number of benzene rings is 2. The van der Waals surface area contributed by atoms with E-state index in [9.17, 15) is 9.59 Å². The number of carbonyl (C=O) groups is 2. The van der Waals surface area contributed by atoms with E-state index >= 15 is 0 Å². The molecule has 0 radical (unpaired) electrons. The molecule has 1 aliphatic rings. The van der Waals surface area contributed by atoms with Gasteiger partial charge in [0.15, 0.2) is 0 Å². The third-order valence-electron chi connectivity index (χ3n) is 4.08. The average molecular weight is 375 g/mol. The van der Waals surface area contributed by atoms with E-state index < -0.39 is 11.8 Å². The Kier molecular flexibility index (Phi) is 4.58. The molecule has 0 aliphatic carbocycles. The van der Waals surface area contributed by atoms with Crippen molar-refractivity contribution in [2.24, 2.45) is 0 Å². The number of nitrogens with zero attached hydrogens (tertiary/aromatic N) is 1. The first-order chi connectivity index (χ1) is 11.8. The second kappa shape index (κ2) is 6.54. The van der Waals surface area contributed by atoms with Gasteiger partial charge in [-0.15, -0.1) is 0 Å². The smallest absolute Gasteiger partial charge is 0.283 e. The number of carbonyl (C=O) groups excluding carboxylic acids is 2. The summed E-state index contributed by atoms with van der Waals surface area (Å²) >= 11 is 12.1. The van der Waals surface area contributed by atoms with Gasteiger partial charge in [0.1, 0.15) is 10.7 Å². The van der Waals surface area contributed by atoms with Crippen molar-refractivity contribution in [3.8, 4) is 0 Å². The number of halogens is 2. The van der Waals surface area contributed by atoms with Crippen LogP contribution in [0, 0.1) is 20.8 Å². The highest BCUT2D eigenvalue weighted by molar-refractivity contribution is 6.53. The third kappa shape index (κ3) is 3.15. The summed E-state index contributed by atoms with van der Waals surface area (Å²) < 4.78 is 0. The largest absolute Gasteiger partial charge is 0.349 e. The van der Waals surface area contributed by atoms with Crippen LogP contribution >= 0.6 is 23.2 Å². The summed E-state index contributed by atoms with van der Waals surface area (Å²) in [6, 6.07) is 10.8. The van der Waals surface area contributed by atoms with Crippen LogP contribution in [-0.2, 0) is 9.59 Å². The van der Waals surface area contributed by atoms with Gasteiger partial charge < -0.3 is 5.32 Å². The molecule has 0 bridgehead atoms. The molecule has 1 aliphatic heterocycles. The van der Waals surface area contributed by atoms with Gasteiger partial charge in [0.2, 0.25) is 0 Å². The molecule has 128 valence electrons. The quantitative estimate of drug-likeness (QED) is 0.791. The van der Waals surface area contributed by atoms with Gasteiger partial charge in [0.25, 0.3) is 11.8 Å². The van der Waals surface area contributed by atoms with E-state index in [0.29, 0.717) is 16.4 Å². The molecule has 25 heavy (non-hydrogen) atoms. The zero-order valence-corrected chi connectivity index (χ0v) is 15.5. The zero-order valence-electron chi connectivity index (χ0n) is 14.0. The number of nitrogens with one attached hydrogen (secondary N) is 1. The standard InChI is InChI=1S/C19H16Cl2N2O2/c1-10-4-5-11(2)15(8-10)23-18(24)16(21)17(19(23)25)22-14-7-6-13(20)9-12(14)3/h4-9,22H,1-3H3. The van der Waals surface area contributed by atoms with Crippen molar-refractivity contribution in [3.05, 3.63) is 68.8 Å². The molecule has 0 spiro atoms. The van der Waals surface area contributed by atoms with Crippen LogP contribution in [0.5, 0.6) is 0 Å². The van der Waals surface area contributed by atoms with Gasteiger partial charge in [-0.2, -0.15) is 0 Å². The van der Waals surface area contributed by atoms with E-state index in [0.717, 1.165) is 21.6 Å². The van der Waals surface area contributed by atoms with E-state index in [2.05, 4.69) is 5.32 Å². The minimum absolute atomic E-state index is 0.0676. The van der Waals surface area contributed by atoms with E-state index in [1.54, 1.807) is 24.3 Å². The fourth-order valence-electron chi connectivity index (χ4n) is 2.69. The molecule has 2 aromatic rings. The number of imide groups is 1. The van der Waals surface area contributed by atoms with Gasteiger partial charge in [0, 0.05) is 10.7 Å². The molecule has 0 saturated heterocycles. The van der Waals surface area contributed by atoms with Crippen LogP contribution in [0.4, 0.5) is 11.4 Å². The normalized spacial score (nSPS) is 14.5. The van der Waals surface area contributed by atoms with Gasteiger partial charge in [-0.1, -0.05) is 35.3 Å². The summed E-state index contributed by atoms with van der Waals surface area (Å²) in [6.45, 7) is 5.60. The SMILES string of the molecule is Cc1ccc(C)c(N2C(=O)C(Cl)=C(Nc3ccc(Cl)cc3C)C2=O)c1. The van der Waals surface area contributed by atoms with E-state index in [1.165, 1.54) is 0 Å². The summed E-state index contributed by atoms with van der Waals surface area (Å²) in [5, 5.41) is 3.44. The first kappa shape index (κ1) is 17.5. The molecule has 0 saturated carbocycles. The van der Waals surface area contributed by atoms with Crippen molar-refractivity contribution in [2.75, 3.05) is 10.2 Å². The van der Waals surface area contributed by atoms with E-state index in [4.69, 9.17) is 23.2 Å². The monoisotopic (exact) mass is 374 g/mol. The van der Waals surface area contributed by atoms with Gasteiger partial charge in [0.05, 0.1) is 5.69 Å². The fourth-order valence-corrected chi connectivity index (χ4v) is 3.13. The highest BCUT2D eigenvalue weighted by Gasteiger charge is 2.39. The summed E-state index contributed by atoms with van der Waals surface area (Å²) in [7, 11) is 0. The first-order valence-electron chi connectivity index (χ1n) is 7.68. The first-order valence-corrected chi connectivity index (χ1v) is 8.44.